The number of halogens is 1. The van der Waals surface area contributed by atoms with Crippen LogP contribution in [-0.4, -0.2) is 59.1 Å². The molecule has 0 unspecified atom stereocenters. The maximum Gasteiger partial charge on any atom is 0.0701 e. The average molecular weight is 226 g/mol. The molecule has 1 N–H and O–H groups in total. The van der Waals surface area contributed by atoms with Crippen LogP contribution in [0.4, 0.5) is 0 Å². The van der Waals surface area contributed by atoms with Gasteiger partial charge in [-0.05, 0) is 7.05 Å². The Morgan fingerprint density at radius 2 is 1.36 bits per heavy atom. The van der Waals surface area contributed by atoms with Gasteiger partial charge in [-0.15, -0.1) is 11.6 Å². The molecule has 0 saturated heterocycles. The van der Waals surface area contributed by atoms with Gasteiger partial charge in [-0.1, -0.05) is 0 Å². The quantitative estimate of drug-likeness (QED) is 0.411. The topological polar surface area (TPSA) is 39.7 Å². The SMILES string of the molecule is CNCCOCCOCCOCCCl. The Balaban J connectivity index is 2.78. The summed E-state index contributed by atoms with van der Waals surface area (Å²) in [5, 5.41) is 2.99. The molecule has 4 nitrogen and oxygen atoms in total. The predicted molar refractivity (Wildman–Crippen MR) is 57.1 cm³/mol. The summed E-state index contributed by atoms with van der Waals surface area (Å²) in [6.07, 6.45) is 0. The first kappa shape index (κ1) is 14.1. The van der Waals surface area contributed by atoms with Crippen molar-refractivity contribution in [3.05, 3.63) is 0 Å². The molecule has 0 aliphatic heterocycles. The van der Waals surface area contributed by atoms with Gasteiger partial charge in [-0.3, -0.25) is 0 Å². The van der Waals surface area contributed by atoms with Crippen molar-refractivity contribution in [2.45, 2.75) is 0 Å². The summed E-state index contributed by atoms with van der Waals surface area (Å²) >= 11 is 5.42. The lowest BCUT2D eigenvalue weighted by molar-refractivity contribution is 0.0181. The van der Waals surface area contributed by atoms with E-state index in [9.17, 15) is 0 Å². The van der Waals surface area contributed by atoms with Crippen LogP contribution in [0.15, 0.2) is 0 Å². The van der Waals surface area contributed by atoms with Crippen molar-refractivity contribution < 1.29 is 14.2 Å². The zero-order valence-electron chi connectivity index (χ0n) is 8.76. The molecule has 5 heteroatoms. The summed E-state index contributed by atoms with van der Waals surface area (Å²) in [6.45, 7) is 4.64. The Kier molecular flexibility index (Phi) is 13.3. The van der Waals surface area contributed by atoms with Crippen LogP contribution < -0.4 is 5.32 Å². The number of alkyl halides is 1. The molecule has 0 bridgehead atoms. The standard InChI is InChI=1S/C9H20ClNO3/c1-11-3-5-13-7-9-14-8-6-12-4-2-10/h11H,2-9H2,1H3. The average Bonchev–Trinajstić information content (AvgIpc) is 2.21. The van der Waals surface area contributed by atoms with Crippen molar-refractivity contribution in [3.63, 3.8) is 0 Å². The molecule has 0 rings (SSSR count). The minimum Gasteiger partial charge on any atom is -0.378 e. The molecular weight excluding hydrogens is 206 g/mol. The second-order valence-corrected chi connectivity index (χ2v) is 3.01. The predicted octanol–water partition coefficient (Wildman–Crippen LogP) is 0.494. The van der Waals surface area contributed by atoms with Gasteiger partial charge in [-0.2, -0.15) is 0 Å². The summed E-state index contributed by atoms with van der Waals surface area (Å²) in [5.74, 6) is 0.535. The third kappa shape index (κ3) is 12.1. The zero-order chi connectivity index (χ0) is 10.5. The molecule has 0 aromatic rings. The highest BCUT2D eigenvalue weighted by molar-refractivity contribution is 6.17. The first-order valence-corrected chi connectivity index (χ1v) is 5.39. The van der Waals surface area contributed by atoms with Crippen LogP contribution in [0.2, 0.25) is 0 Å². The first-order valence-electron chi connectivity index (χ1n) is 4.85. The van der Waals surface area contributed by atoms with E-state index in [0.717, 1.165) is 13.2 Å². The van der Waals surface area contributed by atoms with Gasteiger partial charge >= 0.3 is 0 Å². The molecule has 0 amide bonds. The monoisotopic (exact) mass is 225 g/mol. The van der Waals surface area contributed by atoms with E-state index < -0.39 is 0 Å². The highest BCUT2D eigenvalue weighted by Gasteiger charge is 1.90. The van der Waals surface area contributed by atoms with Gasteiger partial charge in [0.25, 0.3) is 0 Å². The van der Waals surface area contributed by atoms with Gasteiger partial charge < -0.3 is 19.5 Å². The van der Waals surface area contributed by atoms with E-state index in [1.807, 2.05) is 7.05 Å². The van der Waals surface area contributed by atoms with E-state index in [1.54, 1.807) is 0 Å². The Hall–Kier alpha value is 0.130. The van der Waals surface area contributed by atoms with Gasteiger partial charge in [0.2, 0.25) is 0 Å². The van der Waals surface area contributed by atoms with E-state index in [0.29, 0.717) is 38.9 Å². The van der Waals surface area contributed by atoms with Crippen LogP contribution in [0, 0.1) is 0 Å². The zero-order valence-corrected chi connectivity index (χ0v) is 9.52. The molecule has 14 heavy (non-hydrogen) atoms. The van der Waals surface area contributed by atoms with E-state index in [1.165, 1.54) is 0 Å². The fourth-order valence-corrected chi connectivity index (χ4v) is 0.880. The maximum absolute atomic E-state index is 5.42. The Bertz CT molecular complexity index is 94.1. The van der Waals surface area contributed by atoms with Crippen LogP contribution in [0.1, 0.15) is 0 Å². The molecule has 0 spiro atoms. The second kappa shape index (κ2) is 13.1. The van der Waals surface area contributed by atoms with Gasteiger partial charge in [-0.25, -0.2) is 0 Å². The number of ether oxygens (including phenoxy) is 3. The van der Waals surface area contributed by atoms with Gasteiger partial charge in [0.15, 0.2) is 0 Å². The molecule has 0 aliphatic rings. The number of hydrogen-bond acceptors (Lipinski definition) is 4. The minimum atomic E-state index is 0.535. The van der Waals surface area contributed by atoms with Crippen molar-refractivity contribution in [1.29, 1.82) is 0 Å². The smallest absolute Gasteiger partial charge is 0.0701 e. The van der Waals surface area contributed by atoms with Crippen LogP contribution >= 0.6 is 11.6 Å². The molecule has 0 heterocycles. The number of rotatable bonds is 11. The summed E-state index contributed by atoms with van der Waals surface area (Å²) < 4.78 is 15.6. The number of hydrogen-bond donors (Lipinski definition) is 1. The van der Waals surface area contributed by atoms with Crippen LogP contribution in [0.25, 0.3) is 0 Å². The third-order valence-corrected chi connectivity index (χ3v) is 1.62. The molecule has 0 fully saturated rings. The Morgan fingerprint density at radius 3 is 1.86 bits per heavy atom. The summed E-state index contributed by atoms with van der Waals surface area (Å²) in [6, 6.07) is 0. The summed E-state index contributed by atoms with van der Waals surface area (Å²) in [7, 11) is 1.90. The summed E-state index contributed by atoms with van der Waals surface area (Å²) in [4.78, 5) is 0. The maximum atomic E-state index is 5.42. The Labute approximate surface area is 90.9 Å². The van der Waals surface area contributed by atoms with Gasteiger partial charge in [0.05, 0.1) is 39.6 Å². The lowest BCUT2D eigenvalue weighted by atomic mass is 10.6. The van der Waals surface area contributed by atoms with E-state index >= 15 is 0 Å². The van der Waals surface area contributed by atoms with Crippen molar-refractivity contribution in [3.8, 4) is 0 Å². The number of nitrogens with one attached hydrogen (secondary N) is 1. The van der Waals surface area contributed by atoms with Crippen LogP contribution in [0.3, 0.4) is 0 Å². The lowest BCUT2D eigenvalue weighted by Gasteiger charge is -2.05. The molecule has 0 saturated carbocycles. The van der Waals surface area contributed by atoms with Crippen LogP contribution in [0.5, 0.6) is 0 Å². The third-order valence-electron chi connectivity index (χ3n) is 1.46. The van der Waals surface area contributed by atoms with Crippen molar-refractivity contribution in [1.82, 2.24) is 5.32 Å². The van der Waals surface area contributed by atoms with Crippen molar-refractivity contribution >= 4 is 11.6 Å². The second-order valence-electron chi connectivity index (χ2n) is 2.63. The van der Waals surface area contributed by atoms with Gasteiger partial charge in [0.1, 0.15) is 0 Å². The molecule has 0 aromatic carbocycles. The van der Waals surface area contributed by atoms with Crippen molar-refractivity contribution in [2.24, 2.45) is 0 Å². The number of likely N-dealkylation sites (N-methyl/N-ethyl adjacent to an activating group) is 1. The fourth-order valence-electron chi connectivity index (χ4n) is 0.771. The summed E-state index contributed by atoms with van der Waals surface area (Å²) in [5.41, 5.74) is 0. The van der Waals surface area contributed by atoms with E-state index in [2.05, 4.69) is 5.32 Å². The van der Waals surface area contributed by atoms with E-state index in [-0.39, 0.29) is 0 Å². The van der Waals surface area contributed by atoms with Crippen molar-refractivity contribution in [2.75, 3.05) is 59.1 Å². The molecule has 0 atom stereocenters. The molecule has 86 valence electrons. The lowest BCUT2D eigenvalue weighted by Crippen LogP contribution is -2.16. The molecule has 0 radical (unpaired) electrons. The normalized spacial score (nSPS) is 10.7. The molecule has 0 aliphatic carbocycles. The van der Waals surface area contributed by atoms with E-state index in [4.69, 9.17) is 25.8 Å². The highest BCUT2D eigenvalue weighted by Crippen LogP contribution is 1.82. The van der Waals surface area contributed by atoms with Gasteiger partial charge in [0, 0.05) is 12.4 Å². The molecular formula is C9H20ClNO3. The fraction of sp³-hybridized carbons (Fsp3) is 1.00. The Morgan fingerprint density at radius 1 is 0.857 bits per heavy atom. The largest absolute Gasteiger partial charge is 0.378 e. The molecule has 0 aromatic heterocycles. The first-order chi connectivity index (χ1) is 6.91. The minimum absolute atomic E-state index is 0.535. The van der Waals surface area contributed by atoms with Crippen LogP contribution in [-0.2, 0) is 14.2 Å². The highest BCUT2D eigenvalue weighted by atomic mass is 35.5.